The number of hydrogen-bond donors (Lipinski definition) is 4. The molecule has 0 spiro atoms. The lowest BCUT2D eigenvalue weighted by molar-refractivity contribution is -0.191. The van der Waals surface area contributed by atoms with E-state index in [1.54, 1.807) is 59.6 Å². The van der Waals surface area contributed by atoms with Crippen molar-refractivity contribution < 1.29 is 48.0 Å². The average molecular weight is 1490 g/mol. The van der Waals surface area contributed by atoms with Gasteiger partial charge in [-0.3, -0.25) is 17.2 Å². The van der Waals surface area contributed by atoms with Crippen molar-refractivity contribution in [2.45, 2.75) is 163 Å². The molecule has 0 saturated carbocycles. The molecule has 558 valence electrons. The first-order valence-corrected chi connectivity index (χ1v) is 41.7. The minimum atomic E-state index is -3.59. The second kappa shape index (κ2) is 37.3. The Morgan fingerprint density at radius 2 is 0.567 bits per heavy atom. The molecule has 0 aliphatic carbocycles. The normalized spacial score (nSPS) is 17.8. The lowest BCUT2D eigenvalue weighted by Gasteiger charge is -2.22. The van der Waals surface area contributed by atoms with E-state index in [2.05, 4.69) is 42.0 Å². The standard InChI is InChI=1S/C23H32N2O2S.C20H26N2O2S.C19H24N2O3S.C18H22N2O2S.CO2/c1-4-5-6-7-8-11-16-24-23-19-12-9-10-13-21(19)25(3)28(26,27)22-17-18(2)14-15-20(22)23;1-4-5-8-13-21-20-16-9-6-7-10-18(16)22(3)25(23,24)19-14-15(2)11-12-17(19)20;1-14-9-10-16-18(13-14)25(22,23)21(2)17-8-5-4-7-15(17)19(16)20-11-6-12-24-3;1-4-11-19-18-14-7-5-6-8-16(14)20(3)23(21,22)17-12-13(2)9-10-15(17)18;2-1-3/h9-10,12-15,17,23-24H,4-8,11,16H2,1-3H3;6-7,9-12,14,20-21H,4-5,8,13H2,1-3H3;4-5,7-10,13,19-20H,6,11-12H2,1-3H3;5-10,12,18-19H,4,11H2,1-3H3;. The highest BCUT2D eigenvalue weighted by molar-refractivity contribution is 7.93. The SMILES string of the molecule is CCCCCCCCNC1c2ccccc2N(C)S(=O)(=O)c2cc(C)ccc21.CCCCCNC1c2ccccc2N(C)S(=O)(=O)c2cc(C)ccc21.CCCNC1c2ccccc2N(C)S(=O)(=O)c2cc(C)ccc21.COCCCNC1c2ccccc2N(C)S(=O)(=O)c2cc(C)ccc21.O=C=O. The van der Waals surface area contributed by atoms with Gasteiger partial charge >= 0.3 is 6.15 Å². The lowest BCUT2D eigenvalue weighted by atomic mass is 9.96. The summed E-state index contributed by atoms with van der Waals surface area (Å²) in [4.78, 5) is 17.8. The molecule has 104 heavy (non-hydrogen) atoms. The summed E-state index contributed by atoms with van der Waals surface area (Å²) < 4.78 is 116. The molecule has 12 rings (SSSR count). The summed E-state index contributed by atoms with van der Waals surface area (Å²) in [6.07, 6.45) is 13.0. The molecule has 4 atom stereocenters. The van der Waals surface area contributed by atoms with E-state index in [9.17, 15) is 33.7 Å². The quantitative estimate of drug-likeness (QED) is 0.0489. The topological polar surface area (TPSA) is 241 Å². The van der Waals surface area contributed by atoms with E-state index < -0.39 is 40.1 Å². The summed E-state index contributed by atoms with van der Waals surface area (Å²) in [5.41, 5.74) is 14.0. The fourth-order valence-corrected chi connectivity index (χ4v) is 19.8. The van der Waals surface area contributed by atoms with Gasteiger partial charge in [0, 0.05) is 41.9 Å². The number of para-hydroxylation sites is 4. The van der Waals surface area contributed by atoms with Crippen LogP contribution in [0.3, 0.4) is 0 Å². The lowest BCUT2D eigenvalue weighted by Crippen LogP contribution is -2.26. The monoisotopic (exact) mass is 1490 g/mol. The summed E-state index contributed by atoms with van der Waals surface area (Å²) in [5.74, 6) is 0. The van der Waals surface area contributed by atoms with Crippen LogP contribution in [0.25, 0.3) is 0 Å². The van der Waals surface area contributed by atoms with Gasteiger partial charge in [0.15, 0.2) is 0 Å². The van der Waals surface area contributed by atoms with E-state index >= 15 is 0 Å². The van der Waals surface area contributed by atoms with Gasteiger partial charge in [-0.25, -0.2) is 33.7 Å². The van der Waals surface area contributed by atoms with Crippen LogP contribution in [-0.2, 0) is 54.4 Å². The minimum absolute atomic E-state index is 0.122. The third-order valence-corrected chi connectivity index (χ3v) is 26.6. The highest BCUT2D eigenvalue weighted by atomic mass is 32.2. The van der Waals surface area contributed by atoms with Crippen LogP contribution < -0.4 is 38.5 Å². The highest BCUT2D eigenvalue weighted by Gasteiger charge is 2.39. The number of sulfonamides is 4. The molecule has 0 bridgehead atoms. The summed E-state index contributed by atoms with van der Waals surface area (Å²) in [6, 6.07) is 53.2. The Morgan fingerprint density at radius 3 is 0.846 bits per heavy atom. The van der Waals surface area contributed by atoms with Gasteiger partial charge in [0.05, 0.1) is 66.5 Å². The highest BCUT2D eigenvalue weighted by Crippen LogP contribution is 2.45. The van der Waals surface area contributed by atoms with Crippen molar-refractivity contribution in [3.63, 3.8) is 0 Å². The molecule has 0 amide bonds. The van der Waals surface area contributed by atoms with Gasteiger partial charge in [-0.05, 0) is 195 Å². The molecular formula is C81H104N8O11S4. The fraction of sp³-hybridized carbons (Fsp3) is 0.395. The molecule has 4 aliphatic rings. The molecule has 0 radical (unpaired) electrons. The molecule has 0 aromatic heterocycles. The predicted octanol–water partition coefficient (Wildman–Crippen LogP) is 14.7. The molecule has 4 unspecified atom stereocenters. The van der Waals surface area contributed by atoms with Gasteiger partial charge in [0.2, 0.25) is 0 Å². The first-order valence-electron chi connectivity index (χ1n) is 35.9. The number of fused-ring (bicyclic) bond motifs is 8. The van der Waals surface area contributed by atoms with Crippen LogP contribution in [-0.4, -0.2) is 108 Å². The van der Waals surface area contributed by atoms with Gasteiger partial charge in [-0.1, -0.05) is 187 Å². The number of nitrogens with zero attached hydrogens (tertiary/aromatic N) is 4. The van der Waals surface area contributed by atoms with E-state index in [4.69, 9.17) is 14.3 Å². The van der Waals surface area contributed by atoms with E-state index in [0.29, 0.717) is 31.9 Å². The van der Waals surface area contributed by atoms with Crippen LogP contribution in [0.1, 0.15) is 182 Å². The maximum atomic E-state index is 13.3. The molecule has 0 saturated heterocycles. The van der Waals surface area contributed by atoms with Crippen molar-refractivity contribution in [1.82, 2.24) is 21.3 Å². The Hall–Kier alpha value is -8.06. The Balaban J connectivity index is 0.000000173. The van der Waals surface area contributed by atoms with Gasteiger partial charge in [-0.2, -0.15) is 9.59 Å². The van der Waals surface area contributed by atoms with Crippen molar-refractivity contribution in [2.75, 3.05) is 85.3 Å². The molecule has 4 heterocycles. The molecule has 4 N–H and O–H groups in total. The maximum Gasteiger partial charge on any atom is 0.373 e. The van der Waals surface area contributed by atoms with Crippen LogP contribution in [0.15, 0.2) is 189 Å². The average Bonchev–Trinajstić information content (AvgIpc) is 1.63. The van der Waals surface area contributed by atoms with E-state index in [-0.39, 0.29) is 30.3 Å². The number of ether oxygens (including phenoxy) is 1. The maximum absolute atomic E-state index is 13.3. The second-order valence-corrected chi connectivity index (χ2v) is 34.5. The Labute approximate surface area is 619 Å². The van der Waals surface area contributed by atoms with Gasteiger partial charge < -0.3 is 26.0 Å². The number of carbonyl (C=O) groups excluding carboxylic acids is 2. The van der Waals surface area contributed by atoms with E-state index in [1.165, 1.54) is 55.7 Å². The third kappa shape index (κ3) is 18.6. The minimum Gasteiger partial charge on any atom is -0.385 e. The number of nitrogens with one attached hydrogen (secondary N) is 4. The molecular weight excluding hydrogens is 1390 g/mol. The van der Waals surface area contributed by atoms with Crippen molar-refractivity contribution >= 4 is 69.0 Å². The smallest absolute Gasteiger partial charge is 0.373 e. The number of hydrogen-bond acceptors (Lipinski definition) is 15. The van der Waals surface area contributed by atoms with Crippen molar-refractivity contribution in [1.29, 1.82) is 0 Å². The van der Waals surface area contributed by atoms with Crippen molar-refractivity contribution in [2.24, 2.45) is 0 Å². The van der Waals surface area contributed by atoms with Crippen LogP contribution in [0.4, 0.5) is 22.7 Å². The van der Waals surface area contributed by atoms with Crippen molar-refractivity contribution in [3.8, 4) is 0 Å². The number of anilines is 4. The molecule has 4 aliphatic heterocycles. The van der Waals surface area contributed by atoms with Gasteiger partial charge in [0.25, 0.3) is 40.1 Å². The number of methoxy groups -OCH3 is 1. The Kier molecular flexibility index (Phi) is 29.2. The summed E-state index contributed by atoms with van der Waals surface area (Å²) in [7, 11) is -6.08. The zero-order chi connectivity index (χ0) is 75.5. The molecule has 23 heteroatoms. The van der Waals surface area contributed by atoms with Crippen LogP contribution >= 0.6 is 0 Å². The zero-order valence-electron chi connectivity index (χ0n) is 62.2. The fourth-order valence-electron chi connectivity index (χ4n) is 13.7. The van der Waals surface area contributed by atoms with E-state index in [1.807, 2.05) is 173 Å². The van der Waals surface area contributed by atoms with E-state index in [0.717, 1.165) is 142 Å². The van der Waals surface area contributed by atoms with Crippen LogP contribution in [0.5, 0.6) is 0 Å². The predicted molar refractivity (Wildman–Crippen MR) is 417 cm³/mol. The third-order valence-electron chi connectivity index (χ3n) is 19.3. The molecule has 0 fully saturated rings. The summed E-state index contributed by atoms with van der Waals surface area (Å²) in [6.45, 7) is 18.2. The first kappa shape index (κ1) is 81.6. The largest absolute Gasteiger partial charge is 0.385 e. The van der Waals surface area contributed by atoms with Crippen LogP contribution in [0, 0.1) is 27.7 Å². The van der Waals surface area contributed by atoms with Crippen molar-refractivity contribution in [3.05, 3.63) is 237 Å². The second-order valence-electron chi connectivity index (χ2n) is 26.7. The summed E-state index contributed by atoms with van der Waals surface area (Å²) >= 11 is 0. The first-order chi connectivity index (χ1) is 49.8. The summed E-state index contributed by atoms with van der Waals surface area (Å²) in [5, 5.41) is 14.3. The Bertz CT molecular complexity index is 4600. The Morgan fingerprint density at radius 1 is 0.327 bits per heavy atom. The van der Waals surface area contributed by atoms with Gasteiger partial charge in [-0.15, -0.1) is 0 Å². The molecule has 8 aromatic carbocycles. The number of benzene rings is 8. The molecule has 19 nitrogen and oxygen atoms in total. The van der Waals surface area contributed by atoms with Crippen LogP contribution in [0.2, 0.25) is 0 Å². The number of rotatable bonds is 21. The molecule has 8 aromatic rings. The number of unbranched alkanes of at least 4 members (excludes halogenated alkanes) is 7. The van der Waals surface area contributed by atoms with Gasteiger partial charge in [0.1, 0.15) is 0 Å². The zero-order valence-corrected chi connectivity index (χ0v) is 65.5. The number of aryl methyl sites for hydroxylation is 4.